The van der Waals surface area contributed by atoms with Gasteiger partial charge < -0.3 is 4.74 Å². The first-order valence-electron chi connectivity index (χ1n) is 7.25. The van der Waals surface area contributed by atoms with E-state index >= 15 is 0 Å². The lowest BCUT2D eigenvalue weighted by Crippen LogP contribution is -2.24. The molecule has 0 spiro atoms. The number of nitrogens with one attached hydrogen (secondary N) is 1. The average molecular weight is 337 g/mol. The van der Waals surface area contributed by atoms with Gasteiger partial charge in [0.15, 0.2) is 0 Å². The van der Waals surface area contributed by atoms with Crippen LogP contribution in [0.3, 0.4) is 0 Å². The topological polar surface area (TPSA) is 55.4 Å². The third-order valence-electron chi connectivity index (χ3n) is 3.52. The van der Waals surface area contributed by atoms with Crippen LogP contribution >= 0.6 is 0 Å². The molecule has 0 radical (unpaired) electrons. The highest BCUT2D eigenvalue weighted by atomic mass is 32.2. The molecule has 0 unspecified atom stereocenters. The number of sulfonamides is 1. The zero-order valence-corrected chi connectivity index (χ0v) is 14.2. The fraction of sp³-hybridized carbons (Fsp3) is 0.294. The van der Waals surface area contributed by atoms with Crippen molar-refractivity contribution in [2.45, 2.75) is 31.2 Å². The van der Waals surface area contributed by atoms with Crippen LogP contribution < -0.4 is 9.46 Å². The Hall–Kier alpha value is -1.92. The van der Waals surface area contributed by atoms with E-state index < -0.39 is 10.0 Å². The van der Waals surface area contributed by atoms with E-state index in [9.17, 15) is 12.8 Å². The van der Waals surface area contributed by atoms with Crippen LogP contribution in [-0.2, 0) is 16.6 Å². The van der Waals surface area contributed by atoms with Crippen molar-refractivity contribution in [2.24, 2.45) is 0 Å². The van der Waals surface area contributed by atoms with Gasteiger partial charge in [0.25, 0.3) is 0 Å². The van der Waals surface area contributed by atoms with Gasteiger partial charge >= 0.3 is 0 Å². The largest absolute Gasteiger partial charge is 0.495 e. The molecule has 0 saturated carbocycles. The van der Waals surface area contributed by atoms with Crippen molar-refractivity contribution < 1.29 is 17.5 Å². The van der Waals surface area contributed by atoms with Gasteiger partial charge in [0.2, 0.25) is 10.0 Å². The van der Waals surface area contributed by atoms with Gasteiger partial charge in [-0.2, -0.15) is 0 Å². The lowest BCUT2D eigenvalue weighted by atomic mass is 10.0. The fourth-order valence-electron chi connectivity index (χ4n) is 2.12. The summed E-state index contributed by atoms with van der Waals surface area (Å²) in [6.45, 7) is 4.06. The van der Waals surface area contributed by atoms with Crippen LogP contribution in [0.4, 0.5) is 4.39 Å². The third-order valence-corrected chi connectivity index (χ3v) is 4.95. The molecule has 23 heavy (non-hydrogen) atoms. The van der Waals surface area contributed by atoms with Gasteiger partial charge in [-0.05, 0) is 41.3 Å². The monoisotopic (exact) mass is 337 g/mol. The minimum absolute atomic E-state index is 0.0810. The van der Waals surface area contributed by atoms with Gasteiger partial charge in [-0.3, -0.25) is 0 Å². The molecule has 0 saturated heterocycles. The summed E-state index contributed by atoms with van der Waals surface area (Å²) in [6.07, 6.45) is 0. The highest BCUT2D eigenvalue weighted by molar-refractivity contribution is 7.89. The van der Waals surface area contributed by atoms with Crippen molar-refractivity contribution >= 4 is 10.0 Å². The number of methoxy groups -OCH3 is 1. The number of hydrogen-bond donors (Lipinski definition) is 1. The van der Waals surface area contributed by atoms with E-state index in [4.69, 9.17) is 4.74 Å². The summed E-state index contributed by atoms with van der Waals surface area (Å²) in [5, 5.41) is 0. The van der Waals surface area contributed by atoms with Crippen LogP contribution in [0.15, 0.2) is 47.4 Å². The Morgan fingerprint density at radius 2 is 1.78 bits per heavy atom. The van der Waals surface area contributed by atoms with E-state index in [0.29, 0.717) is 11.3 Å². The van der Waals surface area contributed by atoms with Crippen molar-refractivity contribution in [3.05, 3.63) is 59.4 Å². The SMILES string of the molecule is COc1ccc(C(C)C)cc1S(=O)(=O)NCc1ccc(F)cc1. The van der Waals surface area contributed by atoms with Crippen LogP contribution in [0.2, 0.25) is 0 Å². The van der Waals surface area contributed by atoms with Gasteiger partial charge in [-0.1, -0.05) is 32.0 Å². The zero-order chi connectivity index (χ0) is 17.0. The normalized spacial score (nSPS) is 11.7. The van der Waals surface area contributed by atoms with Crippen molar-refractivity contribution in [3.63, 3.8) is 0 Å². The number of rotatable bonds is 6. The van der Waals surface area contributed by atoms with E-state index in [2.05, 4.69) is 4.72 Å². The molecule has 6 heteroatoms. The molecule has 0 heterocycles. The van der Waals surface area contributed by atoms with Crippen LogP contribution in [0.25, 0.3) is 0 Å². The van der Waals surface area contributed by atoms with Crippen LogP contribution in [-0.4, -0.2) is 15.5 Å². The van der Waals surface area contributed by atoms with Crippen molar-refractivity contribution in [2.75, 3.05) is 7.11 Å². The summed E-state index contributed by atoms with van der Waals surface area (Å²) in [5.74, 6) is 0.135. The zero-order valence-electron chi connectivity index (χ0n) is 13.3. The molecule has 2 rings (SSSR count). The first kappa shape index (κ1) is 17.4. The van der Waals surface area contributed by atoms with E-state index in [-0.39, 0.29) is 23.2 Å². The van der Waals surface area contributed by atoms with Gasteiger partial charge in [0.1, 0.15) is 16.5 Å². The summed E-state index contributed by atoms with van der Waals surface area (Å²) in [4.78, 5) is 0.105. The summed E-state index contributed by atoms with van der Waals surface area (Å²) in [7, 11) is -2.30. The predicted octanol–water partition coefficient (Wildman–Crippen LogP) is 3.44. The second kappa shape index (κ2) is 7.10. The number of ether oxygens (including phenoxy) is 1. The third kappa shape index (κ3) is 4.30. The van der Waals surface area contributed by atoms with Gasteiger partial charge in [-0.15, -0.1) is 0 Å². The van der Waals surface area contributed by atoms with Crippen LogP contribution in [0, 0.1) is 5.82 Å². The summed E-state index contributed by atoms with van der Waals surface area (Å²) in [6, 6.07) is 10.8. The molecule has 0 aliphatic heterocycles. The molecule has 0 atom stereocenters. The molecule has 0 amide bonds. The maximum absolute atomic E-state index is 12.9. The van der Waals surface area contributed by atoms with Crippen molar-refractivity contribution in [3.8, 4) is 5.75 Å². The summed E-state index contributed by atoms with van der Waals surface area (Å²) in [5.41, 5.74) is 1.59. The minimum atomic E-state index is -3.74. The molecule has 0 fully saturated rings. The maximum Gasteiger partial charge on any atom is 0.244 e. The molecular formula is C17H20FNO3S. The maximum atomic E-state index is 12.9. The first-order chi connectivity index (χ1) is 10.8. The molecule has 1 N–H and O–H groups in total. The highest BCUT2D eigenvalue weighted by Gasteiger charge is 2.20. The smallest absolute Gasteiger partial charge is 0.244 e. The molecule has 2 aromatic carbocycles. The summed E-state index contributed by atoms with van der Waals surface area (Å²) < 4.78 is 45.7. The molecule has 0 aromatic heterocycles. The lowest BCUT2D eigenvalue weighted by molar-refractivity contribution is 0.402. The van der Waals surface area contributed by atoms with E-state index in [0.717, 1.165) is 5.56 Å². The van der Waals surface area contributed by atoms with Gasteiger partial charge in [0, 0.05) is 6.54 Å². The Morgan fingerprint density at radius 3 is 2.35 bits per heavy atom. The van der Waals surface area contributed by atoms with E-state index in [1.54, 1.807) is 24.3 Å². The molecule has 2 aromatic rings. The Bertz CT molecular complexity index is 771. The summed E-state index contributed by atoms with van der Waals surface area (Å²) >= 11 is 0. The van der Waals surface area contributed by atoms with E-state index in [1.165, 1.54) is 19.2 Å². The molecule has 0 bridgehead atoms. The second-order valence-corrected chi connectivity index (χ2v) is 7.25. The van der Waals surface area contributed by atoms with Crippen LogP contribution in [0.5, 0.6) is 5.75 Å². The Kier molecular flexibility index (Phi) is 5.38. The molecule has 0 aliphatic rings. The quantitative estimate of drug-likeness (QED) is 0.878. The minimum Gasteiger partial charge on any atom is -0.495 e. The fourth-order valence-corrected chi connectivity index (χ4v) is 3.34. The molecule has 0 aliphatic carbocycles. The standard InChI is InChI=1S/C17H20FNO3S/c1-12(2)14-6-9-16(22-3)17(10-14)23(20,21)19-11-13-4-7-15(18)8-5-13/h4-10,12,19H,11H2,1-3H3. The van der Waals surface area contributed by atoms with Crippen molar-refractivity contribution in [1.82, 2.24) is 4.72 Å². The average Bonchev–Trinajstić information content (AvgIpc) is 2.53. The van der Waals surface area contributed by atoms with E-state index in [1.807, 2.05) is 19.9 Å². The number of hydrogen-bond acceptors (Lipinski definition) is 3. The molecule has 124 valence electrons. The Labute approximate surface area is 136 Å². The predicted molar refractivity (Wildman–Crippen MR) is 87.5 cm³/mol. The second-order valence-electron chi connectivity index (χ2n) is 5.52. The van der Waals surface area contributed by atoms with Crippen molar-refractivity contribution in [1.29, 1.82) is 0 Å². The van der Waals surface area contributed by atoms with Gasteiger partial charge in [0.05, 0.1) is 7.11 Å². The molecular weight excluding hydrogens is 317 g/mol. The van der Waals surface area contributed by atoms with Crippen LogP contribution in [0.1, 0.15) is 30.9 Å². The molecule has 4 nitrogen and oxygen atoms in total. The number of benzene rings is 2. The lowest BCUT2D eigenvalue weighted by Gasteiger charge is -2.14. The Balaban J connectivity index is 2.27. The Morgan fingerprint density at radius 1 is 1.13 bits per heavy atom. The van der Waals surface area contributed by atoms with Gasteiger partial charge in [-0.25, -0.2) is 17.5 Å². The first-order valence-corrected chi connectivity index (χ1v) is 8.74. The number of halogens is 1. The highest BCUT2D eigenvalue weighted by Crippen LogP contribution is 2.28.